The second-order valence-electron chi connectivity index (χ2n) is 14.4. The predicted molar refractivity (Wildman–Crippen MR) is 237 cm³/mol. The molecule has 268 valence electrons. The van der Waals surface area contributed by atoms with Gasteiger partial charge in [-0.15, -0.1) is 0 Å². The van der Waals surface area contributed by atoms with Crippen LogP contribution < -0.4 is 4.90 Å². The molecule has 0 bridgehead atoms. The molecule has 0 atom stereocenters. The monoisotopic (exact) mass is 729 g/mol. The van der Waals surface area contributed by atoms with Gasteiger partial charge in [0, 0.05) is 44.5 Å². The summed E-state index contributed by atoms with van der Waals surface area (Å²) >= 11 is 0. The van der Waals surface area contributed by atoms with Crippen molar-refractivity contribution in [2.45, 2.75) is 0 Å². The zero-order valence-electron chi connectivity index (χ0n) is 31.0. The van der Waals surface area contributed by atoms with E-state index in [2.05, 4.69) is 191 Å². The van der Waals surface area contributed by atoms with Crippen molar-refractivity contribution in [1.29, 1.82) is 0 Å². The molecule has 0 unspecified atom stereocenters. The predicted octanol–water partition coefficient (Wildman–Crippen LogP) is 14.5. The molecule has 4 heteroatoms. The number of para-hydroxylation sites is 2. The molecule has 0 radical (unpaired) electrons. The molecular weight excluding hydrogens is 695 g/mol. The van der Waals surface area contributed by atoms with Crippen LogP contribution in [-0.4, -0.2) is 9.55 Å². The zero-order valence-corrected chi connectivity index (χ0v) is 31.0. The summed E-state index contributed by atoms with van der Waals surface area (Å²) in [7, 11) is 0. The number of aromatic nitrogens is 2. The first-order chi connectivity index (χ1) is 28.3. The zero-order chi connectivity index (χ0) is 37.7. The number of anilines is 3. The lowest BCUT2D eigenvalue weighted by molar-refractivity contribution is 0.623. The number of benzene rings is 9. The molecule has 11 aromatic rings. The van der Waals surface area contributed by atoms with Gasteiger partial charge in [-0.05, 0) is 100 Å². The van der Waals surface area contributed by atoms with Crippen molar-refractivity contribution in [3.8, 4) is 39.4 Å². The molecular formula is C53H35N3O. The number of rotatable bonds is 7. The van der Waals surface area contributed by atoms with Gasteiger partial charge in [-0.25, -0.2) is 4.98 Å². The molecule has 0 saturated carbocycles. The summed E-state index contributed by atoms with van der Waals surface area (Å²) in [5.74, 6) is 0.631. The Morgan fingerprint density at radius 1 is 0.386 bits per heavy atom. The van der Waals surface area contributed by atoms with Crippen LogP contribution in [0.25, 0.3) is 83.1 Å². The summed E-state index contributed by atoms with van der Waals surface area (Å²) in [5, 5.41) is 4.63. The maximum absolute atomic E-state index is 6.42. The minimum absolute atomic E-state index is 0.631. The number of hydrogen-bond acceptors (Lipinski definition) is 3. The molecule has 0 fully saturated rings. The highest BCUT2D eigenvalue weighted by molar-refractivity contribution is 6.11. The Bertz CT molecular complexity index is 3220. The summed E-state index contributed by atoms with van der Waals surface area (Å²) < 4.78 is 8.79. The van der Waals surface area contributed by atoms with Gasteiger partial charge in [0.2, 0.25) is 5.89 Å². The van der Waals surface area contributed by atoms with E-state index in [4.69, 9.17) is 9.40 Å². The third kappa shape index (κ3) is 5.66. The normalized spacial score (nSPS) is 11.5. The van der Waals surface area contributed by atoms with Gasteiger partial charge in [0.1, 0.15) is 5.52 Å². The van der Waals surface area contributed by atoms with Gasteiger partial charge in [-0.2, -0.15) is 0 Å². The molecule has 0 amide bonds. The van der Waals surface area contributed by atoms with Gasteiger partial charge in [0.25, 0.3) is 0 Å². The van der Waals surface area contributed by atoms with E-state index < -0.39 is 0 Å². The van der Waals surface area contributed by atoms with Gasteiger partial charge < -0.3 is 13.9 Å². The fourth-order valence-electron chi connectivity index (χ4n) is 8.34. The molecule has 0 aliphatic carbocycles. The lowest BCUT2D eigenvalue weighted by Gasteiger charge is -2.26. The molecule has 0 saturated heterocycles. The summed E-state index contributed by atoms with van der Waals surface area (Å²) in [6, 6.07) is 75.3. The molecule has 0 aliphatic heterocycles. The van der Waals surface area contributed by atoms with Crippen LogP contribution >= 0.6 is 0 Å². The van der Waals surface area contributed by atoms with Gasteiger partial charge in [0.05, 0.1) is 11.0 Å². The SMILES string of the molecule is c1ccc(-c2cccc(N(c3ccc(-c4cccc5c4ccc4nc(-c6ccccc6)oc45)cc3)c3ccc4c5ccccc5n(-c5ccccc5)c4c3)c2)cc1. The molecule has 2 aromatic heterocycles. The number of oxazole rings is 1. The Morgan fingerprint density at radius 3 is 1.81 bits per heavy atom. The molecule has 0 N–H and O–H groups in total. The highest BCUT2D eigenvalue weighted by atomic mass is 16.3. The van der Waals surface area contributed by atoms with Crippen molar-refractivity contribution < 1.29 is 4.42 Å². The Labute approximate surface area is 330 Å². The van der Waals surface area contributed by atoms with Crippen LogP contribution in [0.5, 0.6) is 0 Å². The third-order valence-electron chi connectivity index (χ3n) is 11.0. The van der Waals surface area contributed by atoms with Crippen LogP contribution in [-0.2, 0) is 0 Å². The minimum Gasteiger partial charge on any atom is -0.435 e. The van der Waals surface area contributed by atoms with Crippen molar-refractivity contribution in [1.82, 2.24) is 9.55 Å². The van der Waals surface area contributed by atoms with Crippen molar-refractivity contribution in [3.05, 3.63) is 212 Å². The number of hydrogen-bond donors (Lipinski definition) is 0. The Morgan fingerprint density at radius 2 is 1.00 bits per heavy atom. The molecule has 57 heavy (non-hydrogen) atoms. The summed E-state index contributed by atoms with van der Waals surface area (Å²) in [6.07, 6.45) is 0. The average Bonchev–Trinajstić information content (AvgIpc) is 3.88. The number of nitrogens with zero attached hydrogens (tertiary/aromatic N) is 3. The highest BCUT2D eigenvalue weighted by Gasteiger charge is 2.19. The Hall–Kier alpha value is -7.69. The standard InChI is InChI=1S/C53H35N3O/c1-4-14-36(15-5-1)39-18-12-21-42(34-39)55(43-30-31-47-46-22-10-11-25-50(46)56(51(47)35-43)40-19-8-3-9-20-40)41-28-26-37(27-29-41)44-23-13-24-48-45(44)32-33-49-52(48)57-53(54-49)38-16-6-2-7-17-38/h1-35H. The van der Waals surface area contributed by atoms with E-state index in [1.165, 1.54) is 27.4 Å². The first-order valence-corrected chi connectivity index (χ1v) is 19.3. The van der Waals surface area contributed by atoms with E-state index in [0.29, 0.717) is 5.89 Å². The van der Waals surface area contributed by atoms with E-state index in [-0.39, 0.29) is 0 Å². The van der Waals surface area contributed by atoms with Crippen LogP contribution in [0.2, 0.25) is 0 Å². The lowest BCUT2D eigenvalue weighted by Crippen LogP contribution is -2.10. The van der Waals surface area contributed by atoms with E-state index in [1.54, 1.807) is 0 Å². The van der Waals surface area contributed by atoms with Crippen LogP contribution in [0.3, 0.4) is 0 Å². The van der Waals surface area contributed by atoms with E-state index >= 15 is 0 Å². The lowest BCUT2D eigenvalue weighted by atomic mass is 9.97. The molecule has 0 spiro atoms. The molecule has 11 rings (SSSR count). The maximum Gasteiger partial charge on any atom is 0.227 e. The smallest absolute Gasteiger partial charge is 0.227 e. The van der Waals surface area contributed by atoms with Crippen molar-refractivity contribution in [3.63, 3.8) is 0 Å². The van der Waals surface area contributed by atoms with Crippen molar-refractivity contribution >= 4 is 60.7 Å². The fourth-order valence-corrected chi connectivity index (χ4v) is 8.34. The largest absolute Gasteiger partial charge is 0.435 e. The second-order valence-corrected chi connectivity index (χ2v) is 14.4. The van der Waals surface area contributed by atoms with Gasteiger partial charge >= 0.3 is 0 Å². The summed E-state index contributed by atoms with van der Waals surface area (Å²) in [4.78, 5) is 7.20. The second kappa shape index (κ2) is 13.6. The molecule has 4 nitrogen and oxygen atoms in total. The van der Waals surface area contributed by atoms with Gasteiger partial charge in [-0.3, -0.25) is 0 Å². The van der Waals surface area contributed by atoms with Crippen molar-refractivity contribution in [2.75, 3.05) is 4.90 Å². The van der Waals surface area contributed by atoms with Crippen LogP contribution in [0, 0.1) is 0 Å². The van der Waals surface area contributed by atoms with Crippen LogP contribution in [0.15, 0.2) is 217 Å². The highest BCUT2D eigenvalue weighted by Crippen LogP contribution is 2.42. The van der Waals surface area contributed by atoms with Crippen molar-refractivity contribution in [2.24, 2.45) is 0 Å². The van der Waals surface area contributed by atoms with Crippen LogP contribution in [0.1, 0.15) is 0 Å². The Balaban J connectivity index is 1.06. The first-order valence-electron chi connectivity index (χ1n) is 19.3. The minimum atomic E-state index is 0.631. The molecule has 9 aromatic carbocycles. The molecule has 2 heterocycles. The number of fused-ring (bicyclic) bond motifs is 6. The quantitative estimate of drug-likeness (QED) is 0.164. The van der Waals surface area contributed by atoms with E-state index in [0.717, 1.165) is 66.8 Å². The summed E-state index contributed by atoms with van der Waals surface area (Å²) in [5.41, 5.74) is 13.9. The van der Waals surface area contributed by atoms with E-state index in [9.17, 15) is 0 Å². The van der Waals surface area contributed by atoms with Crippen LogP contribution in [0.4, 0.5) is 17.1 Å². The van der Waals surface area contributed by atoms with Gasteiger partial charge in [0.15, 0.2) is 5.58 Å². The molecule has 0 aliphatic rings. The topological polar surface area (TPSA) is 34.2 Å². The van der Waals surface area contributed by atoms with Gasteiger partial charge in [-0.1, -0.05) is 140 Å². The van der Waals surface area contributed by atoms with E-state index in [1.807, 2.05) is 30.3 Å². The summed E-state index contributed by atoms with van der Waals surface area (Å²) in [6.45, 7) is 0. The fraction of sp³-hybridized carbons (Fsp3) is 0. The average molecular weight is 730 g/mol. The maximum atomic E-state index is 6.42. The third-order valence-corrected chi connectivity index (χ3v) is 11.0. The first kappa shape index (κ1) is 32.7. The Kier molecular flexibility index (Phi) is 7.78.